The molecule has 3 rings (SSSR count). The molecule has 0 amide bonds. The number of para-hydroxylation sites is 2. The van der Waals surface area contributed by atoms with Crippen LogP contribution in [0.15, 0.2) is 24.3 Å². The summed E-state index contributed by atoms with van der Waals surface area (Å²) in [4.78, 5) is 4.58. The third kappa shape index (κ3) is 1.52. The quantitative estimate of drug-likeness (QED) is 0.747. The lowest BCUT2D eigenvalue weighted by Crippen LogP contribution is -2.14. The van der Waals surface area contributed by atoms with Crippen molar-refractivity contribution >= 4 is 11.0 Å². The molecule has 1 aromatic heterocycles. The second-order valence-corrected chi connectivity index (χ2v) is 4.75. The standard InChI is InChI=1S/C14H15N3/c1-10-16-12-6-2-3-7-14(12)17(10)13-8-4-5-11(13)9-15/h2-3,6-7,11,13H,4-5,8H2,1H3. The van der Waals surface area contributed by atoms with Gasteiger partial charge in [-0.2, -0.15) is 5.26 Å². The largest absolute Gasteiger partial charge is 0.324 e. The maximum atomic E-state index is 9.21. The second-order valence-electron chi connectivity index (χ2n) is 4.75. The highest BCUT2D eigenvalue weighted by molar-refractivity contribution is 5.76. The van der Waals surface area contributed by atoms with Gasteiger partial charge in [0.05, 0.1) is 29.1 Å². The van der Waals surface area contributed by atoms with Crippen LogP contribution in [0.1, 0.15) is 31.1 Å². The fourth-order valence-electron chi connectivity index (χ4n) is 2.98. The van der Waals surface area contributed by atoms with Crippen LogP contribution in [-0.4, -0.2) is 9.55 Å². The number of hydrogen-bond acceptors (Lipinski definition) is 2. The predicted molar refractivity (Wildman–Crippen MR) is 66.5 cm³/mol. The highest BCUT2D eigenvalue weighted by atomic mass is 15.1. The lowest BCUT2D eigenvalue weighted by atomic mass is 10.1. The third-order valence-corrected chi connectivity index (χ3v) is 3.75. The monoisotopic (exact) mass is 225 g/mol. The maximum absolute atomic E-state index is 9.21. The van der Waals surface area contributed by atoms with Crippen molar-refractivity contribution in [2.75, 3.05) is 0 Å². The van der Waals surface area contributed by atoms with E-state index in [1.54, 1.807) is 0 Å². The minimum atomic E-state index is 0.145. The van der Waals surface area contributed by atoms with Crippen molar-refractivity contribution in [3.63, 3.8) is 0 Å². The molecule has 1 saturated carbocycles. The van der Waals surface area contributed by atoms with Gasteiger partial charge in [-0.25, -0.2) is 4.98 Å². The Morgan fingerprint density at radius 2 is 2.18 bits per heavy atom. The molecule has 17 heavy (non-hydrogen) atoms. The summed E-state index contributed by atoms with van der Waals surface area (Å²) in [6.45, 7) is 2.03. The topological polar surface area (TPSA) is 41.6 Å². The first kappa shape index (κ1) is 10.3. The summed E-state index contributed by atoms with van der Waals surface area (Å²) in [5.41, 5.74) is 2.20. The van der Waals surface area contributed by atoms with Gasteiger partial charge in [0, 0.05) is 0 Å². The van der Waals surface area contributed by atoms with Gasteiger partial charge in [0.15, 0.2) is 0 Å². The van der Waals surface area contributed by atoms with E-state index < -0.39 is 0 Å². The van der Waals surface area contributed by atoms with Crippen LogP contribution in [0.25, 0.3) is 11.0 Å². The van der Waals surface area contributed by atoms with Gasteiger partial charge < -0.3 is 4.57 Å². The predicted octanol–water partition coefficient (Wildman–Crippen LogP) is 3.21. The Morgan fingerprint density at radius 1 is 1.35 bits per heavy atom. The van der Waals surface area contributed by atoms with Gasteiger partial charge in [0.25, 0.3) is 0 Å². The summed E-state index contributed by atoms with van der Waals surface area (Å²) in [7, 11) is 0. The normalized spacial score (nSPS) is 24.0. The highest BCUT2D eigenvalue weighted by Crippen LogP contribution is 2.37. The van der Waals surface area contributed by atoms with Gasteiger partial charge >= 0.3 is 0 Å². The van der Waals surface area contributed by atoms with E-state index in [1.165, 1.54) is 0 Å². The first-order valence-corrected chi connectivity index (χ1v) is 6.14. The second kappa shape index (κ2) is 3.89. The molecule has 1 fully saturated rings. The van der Waals surface area contributed by atoms with Crippen molar-refractivity contribution in [1.29, 1.82) is 5.26 Å². The minimum absolute atomic E-state index is 0.145. The molecule has 0 spiro atoms. The summed E-state index contributed by atoms with van der Waals surface area (Å²) in [5, 5.41) is 9.21. The molecule has 2 atom stereocenters. The van der Waals surface area contributed by atoms with Crippen LogP contribution in [-0.2, 0) is 0 Å². The first-order valence-electron chi connectivity index (χ1n) is 6.14. The van der Waals surface area contributed by atoms with Crippen LogP contribution in [0, 0.1) is 24.2 Å². The maximum Gasteiger partial charge on any atom is 0.107 e. The molecular formula is C14H15N3. The molecule has 1 aliphatic rings. The van der Waals surface area contributed by atoms with Crippen molar-refractivity contribution in [2.45, 2.75) is 32.2 Å². The smallest absolute Gasteiger partial charge is 0.107 e. The SMILES string of the molecule is Cc1nc2ccccc2n1C1CCCC1C#N. The zero-order valence-corrected chi connectivity index (χ0v) is 9.93. The number of nitriles is 1. The zero-order valence-electron chi connectivity index (χ0n) is 9.93. The molecule has 2 unspecified atom stereocenters. The number of rotatable bonds is 1. The van der Waals surface area contributed by atoms with E-state index in [4.69, 9.17) is 0 Å². The highest BCUT2D eigenvalue weighted by Gasteiger charge is 2.30. The van der Waals surface area contributed by atoms with Gasteiger partial charge in [-0.3, -0.25) is 0 Å². The van der Waals surface area contributed by atoms with Crippen LogP contribution in [0.3, 0.4) is 0 Å². The van der Waals surface area contributed by atoms with E-state index in [2.05, 4.69) is 21.7 Å². The number of fused-ring (bicyclic) bond motifs is 1. The fraction of sp³-hybridized carbons (Fsp3) is 0.429. The summed E-state index contributed by atoms with van der Waals surface area (Å²) in [6, 6.07) is 10.9. The van der Waals surface area contributed by atoms with Crippen molar-refractivity contribution in [2.24, 2.45) is 5.92 Å². The Balaban J connectivity index is 2.17. The lowest BCUT2D eigenvalue weighted by Gasteiger charge is -2.18. The van der Waals surface area contributed by atoms with Crippen molar-refractivity contribution in [3.05, 3.63) is 30.1 Å². The average molecular weight is 225 g/mol. The van der Waals surface area contributed by atoms with E-state index in [1.807, 2.05) is 25.1 Å². The van der Waals surface area contributed by atoms with Gasteiger partial charge in [-0.1, -0.05) is 12.1 Å². The van der Waals surface area contributed by atoms with Crippen LogP contribution in [0.4, 0.5) is 0 Å². The summed E-state index contributed by atoms with van der Waals surface area (Å²) >= 11 is 0. The molecule has 86 valence electrons. The van der Waals surface area contributed by atoms with Gasteiger partial charge in [0.2, 0.25) is 0 Å². The van der Waals surface area contributed by atoms with Crippen LogP contribution in [0.2, 0.25) is 0 Å². The third-order valence-electron chi connectivity index (χ3n) is 3.75. The molecule has 0 radical (unpaired) electrons. The Hall–Kier alpha value is -1.82. The average Bonchev–Trinajstić information content (AvgIpc) is 2.90. The molecule has 0 N–H and O–H groups in total. The minimum Gasteiger partial charge on any atom is -0.324 e. The van der Waals surface area contributed by atoms with Crippen molar-refractivity contribution in [1.82, 2.24) is 9.55 Å². The Bertz CT molecular complexity index is 591. The van der Waals surface area contributed by atoms with E-state index in [9.17, 15) is 5.26 Å². The number of aromatic nitrogens is 2. The summed E-state index contributed by atoms with van der Waals surface area (Å²) in [6.07, 6.45) is 3.27. The number of imidazole rings is 1. The Kier molecular flexibility index (Phi) is 2.36. The number of nitrogens with zero attached hydrogens (tertiary/aromatic N) is 3. The molecule has 2 aromatic rings. The van der Waals surface area contributed by atoms with E-state index in [0.29, 0.717) is 6.04 Å². The molecule has 0 bridgehead atoms. The summed E-state index contributed by atoms with van der Waals surface area (Å²) in [5.74, 6) is 1.17. The van der Waals surface area contributed by atoms with E-state index in [-0.39, 0.29) is 5.92 Å². The molecule has 0 aliphatic heterocycles. The first-order chi connectivity index (χ1) is 8.31. The van der Waals surface area contributed by atoms with Gasteiger partial charge in [-0.15, -0.1) is 0 Å². The molecule has 1 aromatic carbocycles. The molecule has 3 nitrogen and oxygen atoms in total. The van der Waals surface area contributed by atoms with E-state index in [0.717, 1.165) is 36.1 Å². The van der Waals surface area contributed by atoms with Crippen LogP contribution >= 0.6 is 0 Å². The van der Waals surface area contributed by atoms with E-state index >= 15 is 0 Å². The van der Waals surface area contributed by atoms with Crippen LogP contribution < -0.4 is 0 Å². The fourth-order valence-corrected chi connectivity index (χ4v) is 2.98. The number of benzene rings is 1. The van der Waals surface area contributed by atoms with Crippen molar-refractivity contribution < 1.29 is 0 Å². The Morgan fingerprint density at radius 3 is 3.00 bits per heavy atom. The number of aryl methyl sites for hydroxylation is 1. The Labute approximate surface area is 101 Å². The zero-order chi connectivity index (χ0) is 11.8. The van der Waals surface area contributed by atoms with Crippen molar-refractivity contribution in [3.8, 4) is 6.07 Å². The molecule has 3 heteroatoms. The molecule has 1 aliphatic carbocycles. The molecule has 1 heterocycles. The van der Waals surface area contributed by atoms with Gasteiger partial charge in [0.1, 0.15) is 5.82 Å². The summed E-state index contributed by atoms with van der Waals surface area (Å²) < 4.78 is 2.26. The number of hydrogen-bond donors (Lipinski definition) is 0. The molecular weight excluding hydrogens is 210 g/mol. The van der Waals surface area contributed by atoms with Gasteiger partial charge in [-0.05, 0) is 38.3 Å². The lowest BCUT2D eigenvalue weighted by molar-refractivity contribution is 0.451. The molecule has 0 saturated heterocycles. The van der Waals surface area contributed by atoms with Crippen LogP contribution in [0.5, 0.6) is 0 Å².